The van der Waals surface area contributed by atoms with Crippen molar-refractivity contribution in [2.45, 2.75) is 6.04 Å². The Morgan fingerprint density at radius 2 is 1.94 bits per heavy atom. The van der Waals surface area contributed by atoms with Gasteiger partial charge in [0.25, 0.3) is 0 Å². The maximum absolute atomic E-state index is 13.9. The van der Waals surface area contributed by atoms with E-state index in [1.807, 2.05) is 0 Å². The number of furan rings is 1. The van der Waals surface area contributed by atoms with Crippen molar-refractivity contribution in [3.05, 3.63) is 53.5 Å². The highest BCUT2D eigenvalue weighted by molar-refractivity contribution is 5.35. The topological polar surface area (TPSA) is 34.4 Å². The number of halogens is 2. The Morgan fingerprint density at radius 1 is 1.28 bits per heavy atom. The van der Waals surface area contributed by atoms with Crippen LogP contribution >= 0.6 is 0 Å². The first-order valence-electron chi connectivity index (χ1n) is 5.41. The molecule has 0 saturated carbocycles. The third-order valence-corrected chi connectivity index (χ3v) is 2.69. The van der Waals surface area contributed by atoms with E-state index < -0.39 is 17.7 Å². The highest BCUT2D eigenvalue weighted by atomic mass is 19.1. The van der Waals surface area contributed by atoms with E-state index in [-0.39, 0.29) is 11.3 Å². The summed E-state index contributed by atoms with van der Waals surface area (Å²) in [6.45, 7) is 0. The molecule has 1 N–H and O–H groups in total. The Labute approximate surface area is 103 Å². The van der Waals surface area contributed by atoms with Gasteiger partial charge >= 0.3 is 0 Å². The maximum Gasteiger partial charge on any atom is 0.135 e. The molecule has 18 heavy (non-hydrogen) atoms. The normalized spacial score (nSPS) is 12.4. The molecule has 0 saturated heterocycles. The monoisotopic (exact) mass is 253 g/mol. The van der Waals surface area contributed by atoms with E-state index in [1.165, 1.54) is 13.4 Å². The summed E-state index contributed by atoms with van der Waals surface area (Å²) in [5, 5.41) is 2.83. The van der Waals surface area contributed by atoms with E-state index in [2.05, 4.69) is 5.32 Å². The van der Waals surface area contributed by atoms with Crippen LogP contribution in [0.15, 0.2) is 34.9 Å². The lowest BCUT2D eigenvalue weighted by Gasteiger charge is -2.16. The van der Waals surface area contributed by atoms with Crippen molar-refractivity contribution in [2.75, 3.05) is 14.2 Å². The number of benzene rings is 1. The lowest BCUT2D eigenvalue weighted by Crippen LogP contribution is -2.20. The Kier molecular flexibility index (Phi) is 3.62. The molecule has 1 aromatic carbocycles. The van der Waals surface area contributed by atoms with Crippen LogP contribution in [0.2, 0.25) is 0 Å². The molecule has 0 aliphatic heterocycles. The number of hydrogen-bond acceptors (Lipinski definition) is 3. The third-order valence-electron chi connectivity index (χ3n) is 2.69. The second-order valence-electron chi connectivity index (χ2n) is 3.74. The first kappa shape index (κ1) is 12.6. The zero-order valence-electron chi connectivity index (χ0n) is 10.0. The van der Waals surface area contributed by atoms with Gasteiger partial charge in [0.1, 0.15) is 23.1 Å². The number of hydrogen-bond donors (Lipinski definition) is 1. The second kappa shape index (κ2) is 5.18. The van der Waals surface area contributed by atoms with Crippen LogP contribution in [0.5, 0.6) is 5.75 Å². The van der Waals surface area contributed by atoms with E-state index in [0.717, 1.165) is 12.1 Å². The molecule has 0 radical (unpaired) electrons. The van der Waals surface area contributed by atoms with Gasteiger partial charge < -0.3 is 14.5 Å². The van der Waals surface area contributed by atoms with Gasteiger partial charge in [-0.15, -0.1) is 0 Å². The van der Waals surface area contributed by atoms with Crippen LogP contribution in [0.3, 0.4) is 0 Å². The number of nitrogens with one attached hydrogen (secondary N) is 1. The molecule has 5 heteroatoms. The van der Waals surface area contributed by atoms with Gasteiger partial charge in [-0.25, -0.2) is 8.78 Å². The van der Waals surface area contributed by atoms with Crippen molar-refractivity contribution in [2.24, 2.45) is 0 Å². The lowest BCUT2D eigenvalue weighted by molar-refractivity contribution is 0.399. The van der Waals surface area contributed by atoms with Crippen LogP contribution in [0, 0.1) is 11.6 Å². The smallest absolute Gasteiger partial charge is 0.135 e. The van der Waals surface area contributed by atoms with Gasteiger partial charge in [0, 0.05) is 17.7 Å². The Balaban J connectivity index is 2.49. The molecule has 96 valence electrons. The summed E-state index contributed by atoms with van der Waals surface area (Å²) in [6.07, 6.45) is 1.46. The highest BCUT2D eigenvalue weighted by Crippen LogP contribution is 2.29. The molecule has 0 aliphatic rings. The summed E-state index contributed by atoms with van der Waals surface area (Å²) in [4.78, 5) is 0. The van der Waals surface area contributed by atoms with Gasteiger partial charge in [0.2, 0.25) is 0 Å². The van der Waals surface area contributed by atoms with E-state index in [9.17, 15) is 8.78 Å². The van der Waals surface area contributed by atoms with Crippen molar-refractivity contribution in [1.29, 1.82) is 0 Å². The van der Waals surface area contributed by atoms with Gasteiger partial charge in [0.15, 0.2) is 0 Å². The molecule has 0 amide bonds. The van der Waals surface area contributed by atoms with Crippen LogP contribution < -0.4 is 10.1 Å². The van der Waals surface area contributed by atoms with Gasteiger partial charge in [0.05, 0.1) is 19.4 Å². The predicted molar refractivity (Wildman–Crippen MR) is 62.5 cm³/mol. The molecule has 0 fully saturated rings. The van der Waals surface area contributed by atoms with Crippen molar-refractivity contribution in [1.82, 2.24) is 5.32 Å². The standard InChI is InChI=1S/C13H13F2NO2/c1-16-13(11-4-3-5-18-11)12-9(14)6-8(17-2)7-10(12)15/h3-7,13,16H,1-2H3. The molecule has 1 unspecified atom stereocenters. The third kappa shape index (κ3) is 2.22. The second-order valence-corrected chi connectivity index (χ2v) is 3.74. The van der Waals surface area contributed by atoms with Crippen LogP contribution in [0.1, 0.15) is 17.4 Å². The fourth-order valence-corrected chi connectivity index (χ4v) is 1.84. The van der Waals surface area contributed by atoms with Gasteiger partial charge in [-0.1, -0.05) is 0 Å². The SMILES string of the molecule is CNC(c1ccco1)c1c(F)cc(OC)cc1F. The molecular weight excluding hydrogens is 240 g/mol. The summed E-state index contributed by atoms with van der Waals surface area (Å²) in [6, 6.07) is 4.94. The summed E-state index contributed by atoms with van der Waals surface area (Å²) in [7, 11) is 2.96. The average molecular weight is 253 g/mol. The molecule has 0 spiro atoms. The molecule has 2 rings (SSSR count). The van der Waals surface area contributed by atoms with Crippen molar-refractivity contribution >= 4 is 0 Å². The fraction of sp³-hybridized carbons (Fsp3) is 0.231. The molecule has 0 aliphatic carbocycles. The fourth-order valence-electron chi connectivity index (χ4n) is 1.84. The molecule has 1 aromatic heterocycles. The zero-order chi connectivity index (χ0) is 13.1. The van der Waals surface area contributed by atoms with Crippen LogP contribution in [-0.4, -0.2) is 14.2 Å². The lowest BCUT2D eigenvalue weighted by atomic mass is 10.0. The first-order valence-corrected chi connectivity index (χ1v) is 5.41. The Bertz CT molecular complexity index is 503. The highest BCUT2D eigenvalue weighted by Gasteiger charge is 2.23. The summed E-state index contributed by atoms with van der Waals surface area (Å²) in [5.41, 5.74) is -0.0896. The minimum absolute atomic E-state index is 0.0896. The summed E-state index contributed by atoms with van der Waals surface area (Å²) in [5.74, 6) is -0.770. The van der Waals surface area contributed by atoms with Crippen LogP contribution in [-0.2, 0) is 0 Å². The molecule has 2 aromatic rings. The Morgan fingerprint density at radius 3 is 2.39 bits per heavy atom. The van der Waals surface area contributed by atoms with Crippen molar-refractivity contribution in [3.8, 4) is 5.75 Å². The molecular formula is C13H13F2NO2. The van der Waals surface area contributed by atoms with Gasteiger partial charge in [-0.3, -0.25) is 0 Å². The minimum Gasteiger partial charge on any atom is -0.497 e. The average Bonchev–Trinajstić information content (AvgIpc) is 2.86. The predicted octanol–water partition coefficient (Wildman–Crippen LogP) is 2.88. The number of methoxy groups -OCH3 is 1. The Hall–Kier alpha value is -1.88. The molecule has 1 atom stereocenters. The van der Waals surface area contributed by atoms with E-state index >= 15 is 0 Å². The van der Waals surface area contributed by atoms with Crippen molar-refractivity contribution in [3.63, 3.8) is 0 Å². The summed E-state index contributed by atoms with van der Waals surface area (Å²) >= 11 is 0. The number of ether oxygens (including phenoxy) is 1. The largest absolute Gasteiger partial charge is 0.497 e. The summed E-state index contributed by atoms with van der Waals surface area (Å²) < 4.78 is 37.8. The zero-order valence-corrected chi connectivity index (χ0v) is 10.0. The molecule has 3 nitrogen and oxygen atoms in total. The minimum atomic E-state index is -0.678. The van der Waals surface area contributed by atoms with E-state index in [0.29, 0.717) is 5.76 Å². The van der Waals surface area contributed by atoms with E-state index in [1.54, 1.807) is 19.2 Å². The van der Waals surface area contributed by atoms with Crippen LogP contribution in [0.4, 0.5) is 8.78 Å². The first-order chi connectivity index (χ1) is 8.67. The molecule has 1 heterocycles. The van der Waals surface area contributed by atoms with Crippen LogP contribution in [0.25, 0.3) is 0 Å². The van der Waals surface area contributed by atoms with Gasteiger partial charge in [-0.2, -0.15) is 0 Å². The van der Waals surface area contributed by atoms with E-state index in [4.69, 9.17) is 9.15 Å². The van der Waals surface area contributed by atoms with Gasteiger partial charge in [-0.05, 0) is 19.2 Å². The quantitative estimate of drug-likeness (QED) is 0.909. The molecule has 0 bridgehead atoms. The maximum atomic E-state index is 13.9. The number of rotatable bonds is 4. The van der Waals surface area contributed by atoms with Crippen molar-refractivity contribution < 1.29 is 17.9 Å².